The molecule has 0 aliphatic rings. The molecule has 130 valence electrons. The number of hydrogen-bond donors (Lipinski definition) is 1. The second kappa shape index (κ2) is 8.70. The van der Waals surface area contributed by atoms with Crippen LogP contribution in [0.4, 0.5) is 5.69 Å². The molecule has 0 radical (unpaired) electrons. The first kappa shape index (κ1) is 19.0. The Hall–Kier alpha value is -2.30. The van der Waals surface area contributed by atoms with Crippen molar-refractivity contribution in [1.29, 1.82) is 0 Å². The molecule has 0 aliphatic heterocycles. The highest BCUT2D eigenvalue weighted by Crippen LogP contribution is 2.22. The summed E-state index contributed by atoms with van der Waals surface area (Å²) in [6, 6.07) is 10.6. The molecule has 2 aromatic carbocycles. The Morgan fingerprint density at radius 1 is 1.12 bits per heavy atom. The highest BCUT2D eigenvalue weighted by Gasteiger charge is 2.08. The molecule has 0 unspecified atom stereocenters. The Balaban J connectivity index is 1.87. The number of aryl methyl sites for hydroxylation is 2. The molecule has 2 rings (SSSR count). The Morgan fingerprint density at radius 2 is 1.88 bits per heavy atom. The number of carbonyl (C=O) groups excluding carboxylic acids is 2. The molecule has 0 saturated carbocycles. The average molecular weight is 378 g/mol. The fourth-order valence-electron chi connectivity index (χ4n) is 2.04. The predicted octanol–water partition coefficient (Wildman–Crippen LogP) is 4.81. The van der Waals surface area contributed by atoms with Gasteiger partial charge in [0.05, 0.1) is 0 Å². The zero-order valence-electron chi connectivity index (χ0n) is 13.8. The summed E-state index contributed by atoms with van der Waals surface area (Å²) in [6.07, 6.45) is 2.71. The molecular weight excluding hydrogens is 361 g/mol. The molecule has 1 amide bonds. The van der Waals surface area contributed by atoms with Crippen molar-refractivity contribution in [1.82, 2.24) is 0 Å². The molecule has 25 heavy (non-hydrogen) atoms. The van der Waals surface area contributed by atoms with Gasteiger partial charge >= 0.3 is 5.97 Å². The van der Waals surface area contributed by atoms with Crippen LogP contribution >= 0.6 is 23.2 Å². The standard InChI is InChI=1S/C19H17Cl2NO3/c1-12-3-4-13(2)17(9-12)22-18(23)11-25-19(24)8-6-14-5-7-15(20)10-16(14)21/h3-10H,11H2,1-2H3,(H,22,23). The first-order valence-electron chi connectivity index (χ1n) is 7.52. The molecule has 0 atom stereocenters. The smallest absolute Gasteiger partial charge is 0.331 e. The van der Waals surface area contributed by atoms with Crippen LogP contribution in [0.15, 0.2) is 42.5 Å². The van der Waals surface area contributed by atoms with E-state index in [9.17, 15) is 9.59 Å². The van der Waals surface area contributed by atoms with Crippen molar-refractivity contribution in [2.45, 2.75) is 13.8 Å². The van der Waals surface area contributed by atoms with Crippen LogP contribution in [-0.4, -0.2) is 18.5 Å². The Morgan fingerprint density at radius 3 is 2.60 bits per heavy atom. The first-order chi connectivity index (χ1) is 11.8. The molecule has 6 heteroatoms. The molecule has 0 bridgehead atoms. The first-order valence-corrected chi connectivity index (χ1v) is 8.28. The van der Waals surface area contributed by atoms with Gasteiger partial charge in [0.25, 0.3) is 5.91 Å². The second-order valence-electron chi connectivity index (χ2n) is 5.47. The van der Waals surface area contributed by atoms with Crippen LogP contribution in [0.1, 0.15) is 16.7 Å². The zero-order valence-corrected chi connectivity index (χ0v) is 15.3. The summed E-state index contributed by atoms with van der Waals surface area (Å²) in [4.78, 5) is 23.6. The molecule has 0 saturated heterocycles. The number of nitrogens with one attached hydrogen (secondary N) is 1. The summed E-state index contributed by atoms with van der Waals surface area (Å²) in [7, 11) is 0. The van der Waals surface area contributed by atoms with Crippen LogP contribution in [0, 0.1) is 13.8 Å². The number of ether oxygens (including phenoxy) is 1. The van der Waals surface area contributed by atoms with E-state index >= 15 is 0 Å². The minimum atomic E-state index is -0.637. The zero-order chi connectivity index (χ0) is 18.4. The van der Waals surface area contributed by atoms with Crippen LogP contribution in [-0.2, 0) is 14.3 Å². The number of benzene rings is 2. The van der Waals surface area contributed by atoms with Gasteiger partial charge in [-0.05, 0) is 54.8 Å². The third-order valence-corrected chi connectivity index (χ3v) is 3.94. The topological polar surface area (TPSA) is 55.4 Å². The van der Waals surface area contributed by atoms with Crippen LogP contribution in [0.25, 0.3) is 6.08 Å². The maximum Gasteiger partial charge on any atom is 0.331 e. The molecular formula is C19H17Cl2NO3. The van der Waals surface area contributed by atoms with E-state index in [2.05, 4.69) is 5.32 Å². The number of carbonyl (C=O) groups is 2. The Labute approximate surface area is 156 Å². The second-order valence-corrected chi connectivity index (χ2v) is 6.32. The maximum absolute atomic E-state index is 11.9. The van der Waals surface area contributed by atoms with Crippen molar-refractivity contribution >= 4 is 46.8 Å². The van der Waals surface area contributed by atoms with Gasteiger partial charge in [-0.1, -0.05) is 41.4 Å². The summed E-state index contributed by atoms with van der Waals surface area (Å²) in [5.41, 5.74) is 3.29. The van der Waals surface area contributed by atoms with Crippen molar-refractivity contribution in [3.8, 4) is 0 Å². The van der Waals surface area contributed by atoms with E-state index in [0.29, 0.717) is 21.3 Å². The van der Waals surface area contributed by atoms with Crippen LogP contribution in [0.3, 0.4) is 0 Å². The minimum Gasteiger partial charge on any atom is -0.452 e. The molecule has 0 heterocycles. The van der Waals surface area contributed by atoms with Crippen molar-refractivity contribution in [2.24, 2.45) is 0 Å². The maximum atomic E-state index is 11.9. The number of halogens is 2. The van der Waals surface area contributed by atoms with Gasteiger partial charge in [-0.15, -0.1) is 0 Å². The van der Waals surface area contributed by atoms with E-state index in [-0.39, 0.29) is 6.61 Å². The van der Waals surface area contributed by atoms with Crippen molar-refractivity contribution in [3.05, 3.63) is 69.2 Å². The fraction of sp³-hybridized carbons (Fsp3) is 0.158. The van der Waals surface area contributed by atoms with E-state index in [4.69, 9.17) is 27.9 Å². The van der Waals surface area contributed by atoms with Gasteiger partial charge in [0.2, 0.25) is 0 Å². The van der Waals surface area contributed by atoms with E-state index in [1.165, 1.54) is 12.2 Å². The van der Waals surface area contributed by atoms with E-state index < -0.39 is 11.9 Å². The van der Waals surface area contributed by atoms with Gasteiger partial charge in [0, 0.05) is 21.8 Å². The van der Waals surface area contributed by atoms with Gasteiger partial charge in [0.1, 0.15) is 0 Å². The number of esters is 1. The van der Waals surface area contributed by atoms with Crippen molar-refractivity contribution in [3.63, 3.8) is 0 Å². The summed E-state index contributed by atoms with van der Waals surface area (Å²) in [5.74, 6) is -1.04. The van der Waals surface area contributed by atoms with Crippen LogP contribution in [0.5, 0.6) is 0 Å². The molecule has 0 fully saturated rings. The van der Waals surface area contributed by atoms with Gasteiger partial charge < -0.3 is 10.1 Å². The van der Waals surface area contributed by atoms with Gasteiger partial charge in [0.15, 0.2) is 6.61 Å². The van der Waals surface area contributed by atoms with E-state index in [1.54, 1.807) is 18.2 Å². The number of amides is 1. The molecule has 0 aliphatic carbocycles. The fourth-order valence-corrected chi connectivity index (χ4v) is 2.51. The number of anilines is 1. The monoisotopic (exact) mass is 377 g/mol. The average Bonchev–Trinajstić information content (AvgIpc) is 2.55. The number of hydrogen-bond acceptors (Lipinski definition) is 3. The minimum absolute atomic E-state index is 0.370. The van der Waals surface area contributed by atoms with Crippen LogP contribution in [0.2, 0.25) is 10.0 Å². The quantitative estimate of drug-likeness (QED) is 0.600. The summed E-state index contributed by atoms with van der Waals surface area (Å²) in [5, 5.41) is 3.65. The van der Waals surface area contributed by atoms with E-state index in [1.807, 2.05) is 32.0 Å². The lowest BCUT2D eigenvalue weighted by Gasteiger charge is -2.09. The highest BCUT2D eigenvalue weighted by atomic mass is 35.5. The van der Waals surface area contributed by atoms with Gasteiger partial charge in [-0.2, -0.15) is 0 Å². The molecule has 0 aromatic heterocycles. The van der Waals surface area contributed by atoms with Gasteiger partial charge in [-0.25, -0.2) is 4.79 Å². The summed E-state index contributed by atoms with van der Waals surface area (Å²) >= 11 is 11.8. The van der Waals surface area contributed by atoms with Crippen molar-refractivity contribution in [2.75, 3.05) is 11.9 Å². The lowest BCUT2D eigenvalue weighted by atomic mass is 10.1. The third kappa shape index (κ3) is 5.93. The highest BCUT2D eigenvalue weighted by molar-refractivity contribution is 6.35. The lowest BCUT2D eigenvalue weighted by molar-refractivity contribution is -0.142. The largest absolute Gasteiger partial charge is 0.452 e. The normalized spacial score (nSPS) is 10.7. The van der Waals surface area contributed by atoms with E-state index in [0.717, 1.165) is 11.1 Å². The number of rotatable bonds is 5. The van der Waals surface area contributed by atoms with Crippen molar-refractivity contribution < 1.29 is 14.3 Å². The lowest BCUT2D eigenvalue weighted by Crippen LogP contribution is -2.20. The summed E-state index contributed by atoms with van der Waals surface area (Å²) < 4.78 is 4.92. The summed E-state index contributed by atoms with van der Waals surface area (Å²) in [6.45, 7) is 3.45. The molecule has 2 aromatic rings. The Kier molecular flexibility index (Phi) is 6.62. The SMILES string of the molecule is Cc1ccc(C)c(NC(=O)COC(=O)C=Cc2ccc(Cl)cc2Cl)c1. The molecule has 1 N–H and O–H groups in total. The third-order valence-electron chi connectivity index (χ3n) is 3.37. The molecule has 4 nitrogen and oxygen atoms in total. The Bertz CT molecular complexity index is 831. The molecule has 0 spiro atoms. The van der Waals surface area contributed by atoms with Crippen LogP contribution < -0.4 is 5.32 Å². The van der Waals surface area contributed by atoms with Gasteiger partial charge in [-0.3, -0.25) is 4.79 Å². The predicted molar refractivity (Wildman–Crippen MR) is 101 cm³/mol.